The molecule has 0 saturated heterocycles. The first-order chi connectivity index (χ1) is 4.70. The maximum Gasteiger partial charge on any atom is 0.167 e. The van der Waals surface area contributed by atoms with E-state index < -0.39 is 6.07 Å². The van der Waals surface area contributed by atoms with Crippen molar-refractivity contribution in [1.82, 2.24) is 0 Å². The molecule has 2 unspecified atom stereocenters. The second-order valence-electron chi connectivity index (χ2n) is 3.08. The molecule has 0 aliphatic carbocycles. The van der Waals surface area contributed by atoms with Crippen molar-refractivity contribution in [3.05, 3.63) is 0 Å². The topological polar surface area (TPSA) is 0 Å². The Morgan fingerprint density at radius 3 is 2.30 bits per heavy atom. The molecule has 2 atom stereocenters. The lowest BCUT2D eigenvalue weighted by Gasteiger charge is -2.11. The summed E-state index contributed by atoms with van der Waals surface area (Å²) in [6, 6.07) is 0. The van der Waals surface area contributed by atoms with Gasteiger partial charge in [-0.1, -0.05) is 38.9 Å². The van der Waals surface area contributed by atoms with E-state index in [-0.39, 0.29) is 0 Å². The van der Waals surface area contributed by atoms with Crippen LogP contribution < -0.4 is 0 Å². The Hall–Kier alpha value is -0.00506. The van der Waals surface area contributed by atoms with Crippen molar-refractivity contribution in [2.24, 2.45) is 0 Å². The Morgan fingerprint density at radius 2 is 2.00 bits per heavy atom. The van der Waals surface area contributed by atoms with Gasteiger partial charge in [-0.05, 0) is 6.92 Å². The van der Waals surface area contributed by atoms with Gasteiger partial charge in [-0.25, -0.2) is 0 Å². The minimum absolute atomic E-state index is 0.614. The molecule has 0 N–H and O–H groups in total. The summed E-state index contributed by atoms with van der Waals surface area (Å²) < 4.78 is 12.5. The number of halogens is 1. The summed E-state index contributed by atoms with van der Waals surface area (Å²) in [6.07, 6.45) is 2.88. The smallest absolute Gasteiger partial charge is 0.167 e. The van der Waals surface area contributed by atoms with Crippen LogP contribution >= 0.6 is 0 Å². The minimum atomic E-state index is -0.614. The highest BCUT2D eigenvalue weighted by atomic mass is 19.1. The van der Waals surface area contributed by atoms with Crippen LogP contribution in [0, 0.1) is 0 Å². The quantitative estimate of drug-likeness (QED) is 0.520. The van der Waals surface area contributed by atoms with Crippen molar-refractivity contribution < 1.29 is 4.39 Å². The van der Waals surface area contributed by atoms with Gasteiger partial charge in [-0.3, -0.25) is 4.39 Å². The summed E-state index contributed by atoms with van der Waals surface area (Å²) in [5, 5.41) is 0. The van der Waals surface area contributed by atoms with E-state index in [4.69, 9.17) is 0 Å². The molecule has 0 spiro atoms. The van der Waals surface area contributed by atoms with Gasteiger partial charge in [0.1, 0.15) is 0 Å². The lowest BCUT2D eigenvalue weighted by Crippen LogP contribution is -2.12. The lowest BCUT2D eigenvalue weighted by atomic mass is 9.58. The zero-order valence-corrected chi connectivity index (χ0v) is 7.36. The summed E-state index contributed by atoms with van der Waals surface area (Å²) in [5.41, 5.74) is 0. The van der Waals surface area contributed by atoms with Crippen molar-refractivity contribution in [2.45, 2.75) is 51.9 Å². The van der Waals surface area contributed by atoms with Crippen LogP contribution in [-0.4, -0.2) is 13.4 Å². The van der Waals surface area contributed by atoms with Gasteiger partial charge in [-0.2, -0.15) is 0 Å². The van der Waals surface area contributed by atoms with Crippen LogP contribution in [-0.2, 0) is 0 Å². The van der Waals surface area contributed by atoms with Gasteiger partial charge >= 0.3 is 0 Å². The van der Waals surface area contributed by atoms with E-state index in [0.717, 1.165) is 13.7 Å². The molecule has 0 nitrogen and oxygen atoms in total. The molecule has 0 amide bonds. The van der Waals surface area contributed by atoms with Gasteiger partial charge in [0, 0.05) is 0 Å². The Morgan fingerprint density at radius 1 is 1.40 bits per heavy atom. The first-order valence-corrected chi connectivity index (χ1v) is 4.34. The van der Waals surface area contributed by atoms with Gasteiger partial charge in [0.05, 0.1) is 6.07 Å². The molecule has 0 radical (unpaired) electrons. The molecule has 10 heavy (non-hydrogen) atoms. The maximum atomic E-state index is 12.5. The fourth-order valence-corrected chi connectivity index (χ4v) is 1.36. The van der Waals surface area contributed by atoms with Gasteiger partial charge in [-0.15, -0.1) is 0 Å². The predicted octanol–water partition coefficient (Wildman–Crippen LogP) is 2.74. The lowest BCUT2D eigenvalue weighted by molar-refractivity contribution is 0.460. The first-order valence-electron chi connectivity index (χ1n) is 4.34. The van der Waals surface area contributed by atoms with Crippen LogP contribution in [0.25, 0.3) is 0 Å². The van der Waals surface area contributed by atoms with E-state index in [2.05, 4.69) is 13.8 Å². The van der Waals surface area contributed by atoms with E-state index in [0.29, 0.717) is 5.82 Å². The number of hydrogen-bond acceptors (Lipinski definition) is 0. The molecule has 0 aromatic carbocycles. The summed E-state index contributed by atoms with van der Waals surface area (Å²) >= 11 is 0. The first kappa shape index (κ1) is 9.99. The van der Waals surface area contributed by atoms with Crippen LogP contribution in [0.1, 0.15) is 40.0 Å². The summed E-state index contributed by atoms with van der Waals surface area (Å²) in [4.78, 5) is 0. The number of alkyl halides is 1. The van der Waals surface area contributed by atoms with Crippen LogP contribution in [0.3, 0.4) is 0 Å². The molecule has 0 aromatic heterocycles. The third-order valence-electron chi connectivity index (χ3n) is 1.93. The monoisotopic (exact) mass is 144 g/mol. The Kier molecular flexibility index (Phi) is 5.75. The van der Waals surface area contributed by atoms with Gasteiger partial charge in [0.25, 0.3) is 0 Å². The summed E-state index contributed by atoms with van der Waals surface area (Å²) in [5.74, 6) is 0.616. The van der Waals surface area contributed by atoms with Crippen molar-refractivity contribution in [3.8, 4) is 0 Å². The molecule has 60 valence electrons. The predicted molar refractivity (Wildman–Crippen MR) is 46.7 cm³/mol. The van der Waals surface area contributed by atoms with E-state index in [1.807, 2.05) is 0 Å². The molecule has 0 saturated carbocycles. The van der Waals surface area contributed by atoms with Gasteiger partial charge in [0.2, 0.25) is 0 Å². The van der Waals surface area contributed by atoms with Crippen LogP contribution in [0.2, 0.25) is 5.82 Å². The van der Waals surface area contributed by atoms with Crippen molar-refractivity contribution >= 4 is 7.28 Å². The fourth-order valence-electron chi connectivity index (χ4n) is 1.36. The Balaban J connectivity index is 3.39. The normalized spacial score (nSPS) is 16.4. The summed E-state index contributed by atoms with van der Waals surface area (Å²) in [6.45, 7) is 5.95. The van der Waals surface area contributed by atoms with E-state index in [9.17, 15) is 4.39 Å². The van der Waals surface area contributed by atoms with E-state index in [1.54, 1.807) is 6.92 Å². The zero-order valence-electron chi connectivity index (χ0n) is 7.36. The highest BCUT2D eigenvalue weighted by Gasteiger charge is 2.11. The Bertz CT molecular complexity index is 73.7. The fraction of sp³-hybridized carbons (Fsp3) is 1.00. The standard InChI is InChI=1S/C8H18BF/c1-4-6-8(5-2)9-7(3)10/h7-9H,4-6H2,1-3H3. The molecule has 0 bridgehead atoms. The van der Waals surface area contributed by atoms with E-state index >= 15 is 0 Å². The maximum absolute atomic E-state index is 12.5. The minimum Gasteiger partial charge on any atom is -0.258 e. The third-order valence-corrected chi connectivity index (χ3v) is 1.93. The largest absolute Gasteiger partial charge is 0.258 e. The zero-order chi connectivity index (χ0) is 7.98. The second-order valence-corrected chi connectivity index (χ2v) is 3.08. The molecule has 0 aliphatic rings. The Labute approximate surface area is 64.4 Å². The molecule has 0 aliphatic heterocycles. The van der Waals surface area contributed by atoms with Gasteiger partial charge < -0.3 is 0 Å². The van der Waals surface area contributed by atoms with E-state index in [1.165, 1.54) is 12.8 Å². The molecule has 2 heteroatoms. The average Bonchev–Trinajstić information content (AvgIpc) is 1.86. The van der Waals surface area contributed by atoms with Crippen LogP contribution in [0.15, 0.2) is 0 Å². The van der Waals surface area contributed by atoms with Crippen molar-refractivity contribution in [1.29, 1.82) is 0 Å². The average molecular weight is 144 g/mol. The molecular formula is C8H18BF. The third kappa shape index (κ3) is 4.83. The second kappa shape index (κ2) is 5.76. The van der Waals surface area contributed by atoms with Crippen molar-refractivity contribution in [3.63, 3.8) is 0 Å². The molecule has 0 aromatic rings. The number of rotatable bonds is 5. The number of hydrogen-bond donors (Lipinski definition) is 0. The molecule has 0 fully saturated rings. The SMILES string of the molecule is CCCC(BC(C)F)CC. The van der Waals surface area contributed by atoms with Crippen LogP contribution in [0.4, 0.5) is 4.39 Å². The molecule has 0 rings (SSSR count). The highest BCUT2D eigenvalue weighted by Crippen LogP contribution is 2.17. The summed E-state index contributed by atoms with van der Waals surface area (Å²) in [7, 11) is 0.754. The van der Waals surface area contributed by atoms with Crippen molar-refractivity contribution in [2.75, 3.05) is 0 Å². The van der Waals surface area contributed by atoms with Gasteiger partial charge in [0.15, 0.2) is 7.28 Å². The molecule has 0 heterocycles. The van der Waals surface area contributed by atoms with Crippen LogP contribution in [0.5, 0.6) is 0 Å². The highest BCUT2D eigenvalue weighted by molar-refractivity contribution is 6.39. The molecular weight excluding hydrogens is 126 g/mol.